The van der Waals surface area contributed by atoms with Gasteiger partial charge in [0.25, 0.3) is 0 Å². The minimum Gasteiger partial charge on any atom is -0.503 e. The SMILES string of the molecule is COc1ccc(-c2csc(-c3cc(Br)c(O)c(O)c3Br)n2)cc1. The van der Waals surface area contributed by atoms with Gasteiger partial charge in [0.05, 0.1) is 21.7 Å². The van der Waals surface area contributed by atoms with Crippen LogP contribution in [0, 0.1) is 0 Å². The van der Waals surface area contributed by atoms with Crippen molar-refractivity contribution >= 4 is 43.2 Å². The highest BCUT2D eigenvalue weighted by atomic mass is 79.9. The van der Waals surface area contributed by atoms with E-state index in [0.717, 1.165) is 22.0 Å². The molecule has 118 valence electrons. The van der Waals surface area contributed by atoms with Crippen molar-refractivity contribution in [1.29, 1.82) is 0 Å². The summed E-state index contributed by atoms with van der Waals surface area (Å²) in [6.45, 7) is 0. The van der Waals surface area contributed by atoms with Crippen molar-refractivity contribution in [2.24, 2.45) is 0 Å². The number of halogens is 2. The van der Waals surface area contributed by atoms with Gasteiger partial charge in [0, 0.05) is 16.5 Å². The molecule has 1 heterocycles. The smallest absolute Gasteiger partial charge is 0.173 e. The van der Waals surface area contributed by atoms with Crippen LogP contribution in [0.4, 0.5) is 0 Å². The first kappa shape index (κ1) is 16.3. The summed E-state index contributed by atoms with van der Waals surface area (Å²) in [6.07, 6.45) is 0. The maximum absolute atomic E-state index is 9.95. The number of methoxy groups -OCH3 is 1. The summed E-state index contributed by atoms with van der Waals surface area (Å²) in [6, 6.07) is 9.37. The van der Waals surface area contributed by atoms with Crippen LogP contribution in [-0.2, 0) is 0 Å². The maximum atomic E-state index is 9.95. The summed E-state index contributed by atoms with van der Waals surface area (Å²) < 4.78 is 5.97. The van der Waals surface area contributed by atoms with E-state index in [4.69, 9.17) is 4.74 Å². The van der Waals surface area contributed by atoms with Crippen molar-refractivity contribution in [3.8, 4) is 39.1 Å². The Morgan fingerprint density at radius 2 is 1.78 bits per heavy atom. The second kappa shape index (κ2) is 6.51. The Kier molecular flexibility index (Phi) is 4.61. The molecule has 0 spiro atoms. The van der Waals surface area contributed by atoms with Crippen molar-refractivity contribution in [3.05, 3.63) is 44.7 Å². The molecule has 2 aromatic carbocycles. The van der Waals surface area contributed by atoms with Gasteiger partial charge in [-0.25, -0.2) is 4.98 Å². The predicted molar refractivity (Wildman–Crippen MR) is 98.3 cm³/mol. The van der Waals surface area contributed by atoms with Crippen LogP contribution in [0.2, 0.25) is 0 Å². The average Bonchev–Trinajstić information content (AvgIpc) is 3.06. The molecule has 2 N–H and O–H groups in total. The van der Waals surface area contributed by atoms with Crippen LogP contribution in [0.25, 0.3) is 21.8 Å². The number of nitrogens with zero attached hydrogens (tertiary/aromatic N) is 1. The van der Waals surface area contributed by atoms with E-state index in [0.29, 0.717) is 14.5 Å². The van der Waals surface area contributed by atoms with Crippen LogP contribution < -0.4 is 4.74 Å². The zero-order valence-corrected chi connectivity index (χ0v) is 15.9. The zero-order chi connectivity index (χ0) is 16.6. The summed E-state index contributed by atoms with van der Waals surface area (Å²) in [7, 11) is 1.63. The number of phenols is 2. The molecule has 1 aromatic heterocycles. The van der Waals surface area contributed by atoms with Crippen molar-refractivity contribution in [1.82, 2.24) is 4.98 Å². The van der Waals surface area contributed by atoms with Crippen LogP contribution in [0.3, 0.4) is 0 Å². The van der Waals surface area contributed by atoms with Gasteiger partial charge < -0.3 is 14.9 Å². The summed E-state index contributed by atoms with van der Waals surface area (Å²) in [5, 5.41) is 22.4. The van der Waals surface area contributed by atoms with Gasteiger partial charge >= 0.3 is 0 Å². The molecular weight excluding hydrogens is 446 g/mol. The van der Waals surface area contributed by atoms with Gasteiger partial charge in [-0.3, -0.25) is 0 Å². The fourth-order valence-corrected chi connectivity index (χ4v) is 3.94. The third-order valence-electron chi connectivity index (χ3n) is 3.29. The molecule has 0 atom stereocenters. The van der Waals surface area contributed by atoms with Crippen LogP contribution in [0.1, 0.15) is 0 Å². The highest BCUT2D eigenvalue weighted by Gasteiger charge is 2.17. The van der Waals surface area contributed by atoms with Gasteiger partial charge in [-0.05, 0) is 62.2 Å². The molecule has 4 nitrogen and oxygen atoms in total. The molecule has 3 aromatic rings. The van der Waals surface area contributed by atoms with E-state index in [2.05, 4.69) is 36.8 Å². The van der Waals surface area contributed by atoms with Gasteiger partial charge in [0.2, 0.25) is 0 Å². The van der Waals surface area contributed by atoms with Crippen LogP contribution in [-0.4, -0.2) is 22.3 Å². The highest BCUT2D eigenvalue weighted by Crippen LogP contribution is 2.46. The monoisotopic (exact) mass is 455 g/mol. The van der Waals surface area contributed by atoms with Gasteiger partial charge in [0.1, 0.15) is 10.8 Å². The lowest BCUT2D eigenvalue weighted by Crippen LogP contribution is -1.85. The van der Waals surface area contributed by atoms with E-state index in [-0.39, 0.29) is 11.5 Å². The zero-order valence-electron chi connectivity index (χ0n) is 11.9. The number of phenolic OH excluding ortho intramolecular Hbond substituents is 2. The van der Waals surface area contributed by atoms with Crippen molar-refractivity contribution in [2.75, 3.05) is 7.11 Å². The number of thiazole rings is 1. The van der Waals surface area contributed by atoms with E-state index < -0.39 is 0 Å². The minimum atomic E-state index is -0.212. The number of hydrogen-bond donors (Lipinski definition) is 2. The molecule has 0 fully saturated rings. The molecular formula is C16H11Br2NO3S. The van der Waals surface area contributed by atoms with Gasteiger partial charge in [-0.1, -0.05) is 0 Å². The molecule has 0 aliphatic rings. The van der Waals surface area contributed by atoms with Gasteiger partial charge in [-0.15, -0.1) is 11.3 Å². The number of rotatable bonds is 3. The van der Waals surface area contributed by atoms with Crippen LogP contribution in [0.5, 0.6) is 17.2 Å². The Balaban J connectivity index is 2.02. The molecule has 3 rings (SSSR count). The largest absolute Gasteiger partial charge is 0.503 e. The van der Waals surface area contributed by atoms with E-state index in [1.807, 2.05) is 29.6 Å². The first-order valence-electron chi connectivity index (χ1n) is 6.51. The van der Waals surface area contributed by atoms with Crippen LogP contribution >= 0.6 is 43.2 Å². The third-order valence-corrected chi connectivity index (χ3v) is 5.57. The lowest BCUT2D eigenvalue weighted by atomic mass is 10.1. The van der Waals surface area contributed by atoms with E-state index in [9.17, 15) is 10.2 Å². The Bertz CT molecular complexity index is 863. The highest BCUT2D eigenvalue weighted by molar-refractivity contribution is 9.11. The third kappa shape index (κ3) is 3.08. The molecule has 0 saturated carbocycles. The van der Waals surface area contributed by atoms with E-state index in [1.54, 1.807) is 13.2 Å². The topological polar surface area (TPSA) is 62.6 Å². The molecule has 0 unspecified atom stereocenters. The minimum absolute atomic E-state index is 0.201. The quantitative estimate of drug-likeness (QED) is 0.516. The maximum Gasteiger partial charge on any atom is 0.173 e. The average molecular weight is 457 g/mol. The summed E-state index contributed by atoms with van der Waals surface area (Å²) >= 11 is 7.99. The molecule has 0 aliphatic heterocycles. The summed E-state index contributed by atoms with van der Waals surface area (Å²) in [5.41, 5.74) is 2.52. The number of aromatic hydroxyl groups is 2. The molecule has 0 aliphatic carbocycles. The van der Waals surface area contributed by atoms with Crippen LogP contribution in [0.15, 0.2) is 44.7 Å². The standard InChI is InChI=1S/C16H11Br2NO3S/c1-22-9-4-2-8(3-5-9)12-7-23-16(19-12)10-6-11(17)14(20)15(21)13(10)18/h2-7,20-21H,1H3. The van der Waals surface area contributed by atoms with E-state index >= 15 is 0 Å². The number of aromatic nitrogens is 1. The van der Waals surface area contributed by atoms with Crippen molar-refractivity contribution in [3.63, 3.8) is 0 Å². The number of hydrogen-bond acceptors (Lipinski definition) is 5. The number of benzene rings is 2. The fraction of sp³-hybridized carbons (Fsp3) is 0.0625. The second-order valence-corrected chi connectivity index (χ2v) is 7.19. The Morgan fingerprint density at radius 3 is 2.43 bits per heavy atom. The Hall–Kier alpha value is -1.57. The molecule has 7 heteroatoms. The van der Waals surface area contributed by atoms with Gasteiger partial charge in [0.15, 0.2) is 11.5 Å². The Labute approximate surface area is 153 Å². The molecule has 0 radical (unpaired) electrons. The Morgan fingerprint density at radius 1 is 1.09 bits per heavy atom. The fourth-order valence-electron chi connectivity index (χ4n) is 2.05. The lowest BCUT2D eigenvalue weighted by molar-refractivity contribution is 0.399. The van der Waals surface area contributed by atoms with Crippen molar-refractivity contribution in [2.45, 2.75) is 0 Å². The molecule has 0 saturated heterocycles. The first-order valence-corrected chi connectivity index (χ1v) is 8.98. The number of ether oxygens (including phenoxy) is 1. The molecule has 23 heavy (non-hydrogen) atoms. The van der Waals surface area contributed by atoms with Gasteiger partial charge in [-0.2, -0.15) is 0 Å². The predicted octanol–water partition coefficient (Wildman–Crippen LogP) is 5.42. The normalized spacial score (nSPS) is 10.7. The summed E-state index contributed by atoms with van der Waals surface area (Å²) in [5.74, 6) is 0.377. The summed E-state index contributed by atoms with van der Waals surface area (Å²) in [4.78, 5) is 4.61. The molecule has 0 bridgehead atoms. The first-order chi connectivity index (χ1) is 11.0. The molecule has 0 amide bonds. The second-order valence-electron chi connectivity index (χ2n) is 4.68. The van der Waals surface area contributed by atoms with E-state index in [1.165, 1.54) is 11.3 Å². The van der Waals surface area contributed by atoms with Crippen molar-refractivity contribution < 1.29 is 14.9 Å². The lowest BCUT2D eigenvalue weighted by Gasteiger charge is -2.07.